The number of unbranched alkanes of at least 4 members (excludes halogenated alkanes) is 3. The number of phosphoric ester groups is 2. The minimum Gasteiger partial charge on any atom is -0.388 e. The van der Waals surface area contributed by atoms with Gasteiger partial charge in [0, 0.05) is 43.4 Å². The Morgan fingerprint density at radius 1 is 0.667 bits per heavy atom. The lowest BCUT2D eigenvalue weighted by Gasteiger charge is -2.29. The van der Waals surface area contributed by atoms with Gasteiger partial charge in [0.15, 0.2) is 11.6 Å². The number of thioether (sulfide) groups is 2. The lowest BCUT2D eigenvalue weighted by Crippen LogP contribution is -2.41. The highest BCUT2D eigenvalue weighted by Gasteiger charge is 2.47. The van der Waals surface area contributed by atoms with Crippen molar-refractivity contribution in [3.05, 3.63) is 9.81 Å². The summed E-state index contributed by atoms with van der Waals surface area (Å²) in [4.78, 5) is 70.8. The normalized spacial score (nSPS) is 25.5. The number of amides is 2. The Labute approximate surface area is 432 Å². The summed E-state index contributed by atoms with van der Waals surface area (Å²) in [5, 5.41) is 26.3. The number of aliphatic hydroxyl groups is 2. The third-order valence-corrected chi connectivity index (χ3v) is 14.8. The summed E-state index contributed by atoms with van der Waals surface area (Å²) in [6, 6.07) is -1.11. The number of hydrogen-bond acceptors (Lipinski definition) is 21. The number of carbonyl (C=O) groups excluding carboxylic acids is 4. The molecule has 0 aromatic carbocycles. The first-order valence-corrected chi connectivity index (χ1v) is 29.1. The molecule has 28 heteroatoms. The van der Waals surface area contributed by atoms with Crippen LogP contribution in [0.4, 0.5) is 0 Å². The molecule has 0 aromatic heterocycles. The molecule has 3 aliphatic rings. The van der Waals surface area contributed by atoms with E-state index < -0.39 is 75.6 Å². The van der Waals surface area contributed by atoms with Crippen molar-refractivity contribution in [1.29, 1.82) is 0 Å². The van der Waals surface area contributed by atoms with Crippen molar-refractivity contribution >= 4 is 70.4 Å². The van der Waals surface area contributed by atoms with E-state index in [1.807, 2.05) is 41.5 Å². The van der Waals surface area contributed by atoms with Crippen molar-refractivity contribution in [2.24, 2.45) is 0 Å². The summed E-state index contributed by atoms with van der Waals surface area (Å²) < 4.78 is 84.1. The second kappa shape index (κ2) is 32.4. The molecule has 2 saturated heterocycles. The summed E-state index contributed by atoms with van der Waals surface area (Å²) in [6.45, 7) is 13.9. The van der Waals surface area contributed by atoms with Crippen LogP contribution >= 0.6 is 39.2 Å². The first-order valence-electron chi connectivity index (χ1n) is 24.1. The van der Waals surface area contributed by atoms with Crippen LogP contribution in [-0.2, 0) is 79.6 Å². The summed E-state index contributed by atoms with van der Waals surface area (Å²) in [5.74, 6) is -0.512. The quantitative estimate of drug-likeness (QED) is 0.0226. The molecule has 2 radical (unpaired) electrons. The van der Waals surface area contributed by atoms with Gasteiger partial charge < -0.3 is 63.8 Å². The van der Waals surface area contributed by atoms with Gasteiger partial charge in [-0.15, -0.1) is 23.5 Å². The van der Waals surface area contributed by atoms with Gasteiger partial charge in [0.2, 0.25) is 11.8 Å². The first kappa shape index (κ1) is 64.9. The highest BCUT2D eigenvalue weighted by atomic mass is 32.2. The van der Waals surface area contributed by atoms with Gasteiger partial charge in [-0.3, -0.25) is 37.3 Å². The number of rotatable bonds is 37. The summed E-state index contributed by atoms with van der Waals surface area (Å²) in [6.07, 6.45) is -3.95. The number of aliphatic hydroxyl groups excluding tert-OH is 2. The molecule has 4 unspecified atom stereocenters. The number of nitrogens with one attached hydrogen (secondary N) is 2. The van der Waals surface area contributed by atoms with E-state index in [1.54, 1.807) is 6.92 Å². The number of Topliss-reactive ketones (excluding diaryl/α,β-unsaturated/α-hetero) is 2. The van der Waals surface area contributed by atoms with Gasteiger partial charge in [0.25, 0.3) is 0 Å². The SMILES string of the molecule is [B][C@@H]1O[C@H](COC(C)(C)C)C(OP(=O)(O)OCCCCCCNC(=O)CCSC2=C(SCCC(=O)NCCOCCOCCOCCOP(=O)(O)OC[C@H]3O[C@@H](C)[C@@H](O)C3OC(C)(C)C)C(=O)CC2=O)[C@@H]1O. The molecule has 6 N–H and O–H groups in total. The van der Waals surface area contributed by atoms with Crippen LogP contribution < -0.4 is 10.6 Å². The maximum Gasteiger partial charge on any atom is 0.472 e. The van der Waals surface area contributed by atoms with E-state index in [9.17, 15) is 48.3 Å². The van der Waals surface area contributed by atoms with Crippen molar-refractivity contribution in [3.63, 3.8) is 0 Å². The smallest absolute Gasteiger partial charge is 0.388 e. The van der Waals surface area contributed by atoms with E-state index in [-0.39, 0.29) is 127 Å². The number of carbonyl (C=O) groups is 4. The standard InChI is InChI=1S/C44H77BN2O21P2S2/c1-29-36(52)38(67-44(5,6)7)33(65-29)28-64-69(54,55)63-23-22-60-21-20-59-19-18-58-17-15-47-35(51)13-25-72-41-31(49)26-30(48)40(41)71-24-12-34(50)46-14-10-8-9-11-16-62-70(56,57)68-39-32(27-61-43(2,3)4)66-42(45)37(39)53/h29,32-33,36-39,42,52-53H,8-28H2,1-7H3,(H,46,50)(H,47,51)(H,54,55)(H,56,57)/t29-,32+,33+,36+,37-,38?,39?,42+/m0/s1. The van der Waals surface area contributed by atoms with Crippen LogP contribution in [0.5, 0.6) is 0 Å². The zero-order valence-electron chi connectivity index (χ0n) is 42.5. The van der Waals surface area contributed by atoms with Gasteiger partial charge in [-0.2, -0.15) is 0 Å². The molecule has 414 valence electrons. The Kier molecular flexibility index (Phi) is 29.2. The Balaban J connectivity index is 1.15. The first-order chi connectivity index (χ1) is 33.8. The van der Waals surface area contributed by atoms with E-state index in [0.717, 1.165) is 23.5 Å². The average molecular weight is 1110 g/mol. The second-order valence-corrected chi connectivity index (χ2v) is 24.0. The second-order valence-electron chi connectivity index (χ2n) is 18.9. The number of allylic oxidation sites excluding steroid dienone is 2. The van der Waals surface area contributed by atoms with Crippen LogP contribution in [0.1, 0.15) is 93.4 Å². The summed E-state index contributed by atoms with van der Waals surface area (Å²) >= 11 is 2.29. The van der Waals surface area contributed by atoms with Gasteiger partial charge in [-0.25, -0.2) is 9.13 Å². The molecule has 72 heavy (non-hydrogen) atoms. The zero-order valence-corrected chi connectivity index (χ0v) is 45.9. The Morgan fingerprint density at radius 2 is 1.19 bits per heavy atom. The van der Waals surface area contributed by atoms with Crippen LogP contribution in [0.3, 0.4) is 0 Å². The number of hydrogen-bond donors (Lipinski definition) is 6. The molecule has 0 aromatic rings. The van der Waals surface area contributed by atoms with Crippen LogP contribution in [0.15, 0.2) is 9.81 Å². The molecule has 2 heterocycles. The molecule has 1 aliphatic carbocycles. The van der Waals surface area contributed by atoms with Crippen molar-refractivity contribution in [2.75, 3.05) is 90.7 Å². The van der Waals surface area contributed by atoms with Crippen molar-refractivity contribution < 1.29 is 99.6 Å². The molecule has 0 spiro atoms. The molecular formula is C44H77BN2O21P2S2. The maximum absolute atomic E-state index is 12.6. The number of phosphoric acid groups is 2. The lowest BCUT2D eigenvalue weighted by atomic mass is 9.93. The highest BCUT2D eigenvalue weighted by molar-refractivity contribution is 8.08. The number of ketones is 2. The van der Waals surface area contributed by atoms with Gasteiger partial charge in [0.1, 0.15) is 44.5 Å². The Hall–Kier alpha value is -1.36. The van der Waals surface area contributed by atoms with Gasteiger partial charge in [-0.1, -0.05) is 12.8 Å². The Bertz CT molecular complexity index is 1830. The van der Waals surface area contributed by atoms with Crippen molar-refractivity contribution in [1.82, 2.24) is 10.6 Å². The molecule has 2 amide bonds. The van der Waals surface area contributed by atoms with Gasteiger partial charge in [0.05, 0.1) is 99.6 Å². The van der Waals surface area contributed by atoms with Crippen LogP contribution in [0.2, 0.25) is 0 Å². The average Bonchev–Trinajstić information content (AvgIpc) is 3.82. The lowest BCUT2D eigenvalue weighted by molar-refractivity contribution is -0.122. The fourth-order valence-electron chi connectivity index (χ4n) is 6.89. The van der Waals surface area contributed by atoms with Crippen LogP contribution in [0.25, 0.3) is 0 Å². The fraction of sp³-hybridized carbons (Fsp3) is 0.864. The van der Waals surface area contributed by atoms with E-state index in [2.05, 4.69) is 10.6 Å². The van der Waals surface area contributed by atoms with Crippen LogP contribution in [0, 0.1) is 0 Å². The van der Waals surface area contributed by atoms with Gasteiger partial charge >= 0.3 is 15.6 Å². The molecule has 2 fully saturated rings. The van der Waals surface area contributed by atoms with Gasteiger partial charge in [-0.05, 0) is 61.3 Å². The van der Waals surface area contributed by atoms with E-state index in [4.69, 9.17) is 59.1 Å². The Morgan fingerprint density at radius 3 is 1.78 bits per heavy atom. The fourth-order valence-corrected chi connectivity index (χ4v) is 10.9. The molecule has 0 bridgehead atoms. The molecular weight excluding hydrogens is 1030 g/mol. The largest absolute Gasteiger partial charge is 0.472 e. The molecule has 10 atom stereocenters. The predicted octanol–water partition coefficient (Wildman–Crippen LogP) is 2.87. The minimum atomic E-state index is -4.54. The third kappa shape index (κ3) is 26.1. The van der Waals surface area contributed by atoms with E-state index in [1.165, 1.54) is 0 Å². The van der Waals surface area contributed by atoms with E-state index >= 15 is 0 Å². The highest BCUT2D eigenvalue weighted by Crippen LogP contribution is 2.48. The van der Waals surface area contributed by atoms with Crippen molar-refractivity contribution in [3.8, 4) is 0 Å². The number of ether oxygens (including phenoxy) is 7. The summed E-state index contributed by atoms with van der Waals surface area (Å²) in [7, 11) is -3.20. The van der Waals surface area contributed by atoms with Crippen LogP contribution in [-0.4, -0.2) is 202 Å². The zero-order chi connectivity index (χ0) is 53.5. The van der Waals surface area contributed by atoms with Crippen molar-refractivity contribution in [2.45, 2.75) is 153 Å². The maximum atomic E-state index is 12.6. The molecule has 3 rings (SSSR count). The molecule has 23 nitrogen and oxygen atoms in total. The molecule has 2 aliphatic heterocycles. The topological polar surface area (TPSA) is 309 Å². The monoisotopic (exact) mass is 1110 g/mol. The predicted molar refractivity (Wildman–Crippen MR) is 266 cm³/mol. The third-order valence-electron chi connectivity index (χ3n) is 10.4. The summed E-state index contributed by atoms with van der Waals surface area (Å²) in [5.41, 5.74) is -1.09. The van der Waals surface area contributed by atoms with E-state index in [0.29, 0.717) is 42.0 Å². The molecule has 0 saturated carbocycles. The minimum absolute atomic E-state index is 0.00772.